The third-order valence-electron chi connectivity index (χ3n) is 3.47. The third kappa shape index (κ3) is 5.73. The van der Waals surface area contributed by atoms with E-state index in [0.717, 1.165) is 12.1 Å². The zero-order valence-electron chi connectivity index (χ0n) is 14.6. The molecule has 0 saturated carbocycles. The van der Waals surface area contributed by atoms with Crippen LogP contribution in [0.25, 0.3) is 0 Å². The summed E-state index contributed by atoms with van der Waals surface area (Å²) in [6.07, 6.45) is -4.97. The molecule has 0 bridgehead atoms. The minimum Gasteiger partial charge on any atom is -0.488 e. The highest BCUT2D eigenvalue weighted by Gasteiger charge is 2.33. The van der Waals surface area contributed by atoms with Crippen LogP contribution >= 0.6 is 11.8 Å². The van der Waals surface area contributed by atoms with Gasteiger partial charge < -0.3 is 14.4 Å². The molecule has 0 aliphatic carbocycles. The fourth-order valence-electron chi connectivity index (χ4n) is 2.42. The van der Waals surface area contributed by atoms with Crippen LogP contribution in [0.15, 0.2) is 23.1 Å². The molecule has 1 heterocycles. The molecule has 0 N–H and O–H groups in total. The number of alkyl halides is 3. The molecular formula is C17H19F3N2O3S. The summed E-state index contributed by atoms with van der Waals surface area (Å²) in [5.74, 6) is 0.0219. The predicted octanol–water partition coefficient (Wildman–Crippen LogP) is 4.67. The number of carbonyl (C=O) groups excluding carboxylic acids is 1. The second-order valence-corrected chi connectivity index (χ2v) is 7.70. The number of halogens is 3. The lowest BCUT2D eigenvalue weighted by Crippen LogP contribution is -2.36. The van der Waals surface area contributed by atoms with E-state index in [0.29, 0.717) is 24.7 Å². The molecule has 0 aromatic heterocycles. The van der Waals surface area contributed by atoms with Crippen LogP contribution < -0.4 is 4.74 Å². The molecule has 1 aliphatic rings. The summed E-state index contributed by atoms with van der Waals surface area (Å²) in [5.41, 5.74) is -1.50. The molecule has 2 rings (SSSR count). The Bertz CT molecular complexity index is 711. The van der Waals surface area contributed by atoms with Gasteiger partial charge in [0.05, 0.1) is 12.1 Å². The van der Waals surface area contributed by atoms with Crippen molar-refractivity contribution in [3.8, 4) is 11.2 Å². The van der Waals surface area contributed by atoms with Crippen LogP contribution in [0.3, 0.4) is 0 Å². The normalized spacial score (nSPS) is 17.7. The number of hydrogen-bond donors (Lipinski definition) is 0. The smallest absolute Gasteiger partial charge is 0.416 e. The number of nitrogens with zero attached hydrogens (tertiary/aromatic N) is 2. The Kier molecular flexibility index (Phi) is 5.96. The van der Waals surface area contributed by atoms with Crippen LogP contribution in [0.1, 0.15) is 32.8 Å². The van der Waals surface area contributed by atoms with Gasteiger partial charge in [-0.2, -0.15) is 18.4 Å². The number of benzene rings is 1. The first-order valence-corrected chi connectivity index (χ1v) is 8.72. The van der Waals surface area contributed by atoms with Gasteiger partial charge in [0.2, 0.25) is 0 Å². The number of likely N-dealkylation sites (tertiary alicyclic amines) is 1. The van der Waals surface area contributed by atoms with Gasteiger partial charge in [-0.15, -0.1) is 0 Å². The maximum absolute atomic E-state index is 13.0. The molecule has 1 aromatic rings. The van der Waals surface area contributed by atoms with Gasteiger partial charge in [0.15, 0.2) is 0 Å². The lowest BCUT2D eigenvalue weighted by Gasteiger charge is -2.24. The molecule has 26 heavy (non-hydrogen) atoms. The standard InChI is InChI=1S/C17H19F3N2O3S/c1-16(2,3)25-15(23)22-5-4-12(9-22)24-13-6-11(17(18,19)20)7-14(8-13)26-10-21/h6-8,12H,4-5,9H2,1-3H3/t12-/m0/s1. The molecule has 1 amide bonds. The summed E-state index contributed by atoms with van der Waals surface area (Å²) in [6, 6.07) is 3.19. The fraction of sp³-hybridized carbons (Fsp3) is 0.529. The summed E-state index contributed by atoms with van der Waals surface area (Å²) in [6.45, 7) is 5.90. The number of carbonyl (C=O) groups is 1. The number of thioether (sulfide) groups is 1. The largest absolute Gasteiger partial charge is 0.488 e. The van der Waals surface area contributed by atoms with E-state index in [1.54, 1.807) is 26.2 Å². The summed E-state index contributed by atoms with van der Waals surface area (Å²) in [7, 11) is 0. The van der Waals surface area contributed by atoms with E-state index in [2.05, 4.69) is 0 Å². The van der Waals surface area contributed by atoms with Crippen molar-refractivity contribution < 1.29 is 27.4 Å². The van der Waals surface area contributed by atoms with E-state index in [1.165, 1.54) is 11.0 Å². The minimum atomic E-state index is -4.54. The summed E-state index contributed by atoms with van der Waals surface area (Å²) in [4.78, 5) is 13.7. The van der Waals surface area contributed by atoms with E-state index in [1.807, 2.05) is 0 Å². The minimum absolute atomic E-state index is 0.0219. The topological polar surface area (TPSA) is 62.6 Å². The van der Waals surface area contributed by atoms with Gasteiger partial charge in [0.25, 0.3) is 0 Å². The summed E-state index contributed by atoms with van der Waals surface area (Å²) in [5, 5.41) is 10.5. The maximum Gasteiger partial charge on any atom is 0.416 e. The fourth-order valence-corrected chi connectivity index (χ4v) is 2.89. The monoisotopic (exact) mass is 388 g/mol. The average molecular weight is 388 g/mol. The van der Waals surface area contributed by atoms with Crippen molar-refractivity contribution in [2.45, 2.75) is 50.0 Å². The zero-order valence-corrected chi connectivity index (χ0v) is 15.4. The molecule has 0 unspecified atom stereocenters. The highest BCUT2D eigenvalue weighted by atomic mass is 32.2. The molecule has 1 atom stereocenters. The Labute approximate surface area is 154 Å². The van der Waals surface area contributed by atoms with Gasteiger partial charge in [-0.3, -0.25) is 0 Å². The Hall–Kier alpha value is -2.08. The number of rotatable bonds is 3. The SMILES string of the molecule is CC(C)(C)OC(=O)N1CC[C@H](Oc2cc(SC#N)cc(C(F)(F)F)c2)C1. The lowest BCUT2D eigenvalue weighted by atomic mass is 10.2. The van der Waals surface area contributed by atoms with Gasteiger partial charge >= 0.3 is 12.3 Å². The zero-order chi connectivity index (χ0) is 19.5. The van der Waals surface area contributed by atoms with E-state index in [-0.39, 0.29) is 17.2 Å². The highest BCUT2D eigenvalue weighted by molar-refractivity contribution is 8.03. The number of nitriles is 1. The molecule has 1 fully saturated rings. The Balaban J connectivity index is 2.08. The van der Waals surface area contributed by atoms with Crippen molar-refractivity contribution >= 4 is 17.9 Å². The second kappa shape index (κ2) is 7.66. The quantitative estimate of drug-likeness (QED) is 0.556. The van der Waals surface area contributed by atoms with Gasteiger partial charge in [-0.25, -0.2) is 4.79 Å². The van der Waals surface area contributed by atoms with Crippen LogP contribution in [0.2, 0.25) is 0 Å². The van der Waals surface area contributed by atoms with Crippen LogP contribution in [0.4, 0.5) is 18.0 Å². The highest BCUT2D eigenvalue weighted by Crippen LogP contribution is 2.36. The van der Waals surface area contributed by atoms with Gasteiger partial charge in [-0.1, -0.05) is 0 Å². The molecule has 9 heteroatoms. The van der Waals surface area contributed by atoms with E-state index in [4.69, 9.17) is 14.7 Å². The van der Waals surface area contributed by atoms with Gasteiger partial charge in [-0.05, 0) is 50.7 Å². The van der Waals surface area contributed by atoms with Crippen molar-refractivity contribution in [3.63, 3.8) is 0 Å². The first kappa shape index (κ1) is 20.2. The van der Waals surface area contributed by atoms with E-state index < -0.39 is 29.5 Å². The third-order valence-corrected chi connectivity index (χ3v) is 4.03. The van der Waals surface area contributed by atoms with Crippen LogP contribution in [-0.2, 0) is 10.9 Å². The number of amides is 1. The van der Waals surface area contributed by atoms with Gasteiger partial charge in [0, 0.05) is 17.9 Å². The summed E-state index contributed by atoms with van der Waals surface area (Å²) < 4.78 is 49.9. The predicted molar refractivity (Wildman–Crippen MR) is 89.8 cm³/mol. The lowest BCUT2D eigenvalue weighted by molar-refractivity contribution is -0.137. The van der Waals surface area contributed by atoms with Gasteiger partial charge in [0.1, 0.15) is 22.9 Å². The molecule has 0 spiro atoms. The first-order valence-electron chi connectivity index (χ1n) is 7.91. The van der Waals surface area contributed by atoms with Crippen LogP contribution in [0.5, 0.6) is 5.75 Å². The Morgan fingerprint density at radius 2 is 2.00 bits per heavy atom. The molecule has 142 valence electrons. The Morgan fingerprint density at radius 3 is 2.58 bits per heavy atom. The first-order chi connectivity index (χ1) is 12.0. The number of thiocyanates is 1. The van der Waals surface area contributed by atoms with Crippen molar-refractivity contribution in [1.82, 2.24) is 4.90 Å². The van der Waals surface area contributed by atoms with E-state index in [9.17, 15) is 18.0 Å². The van der Waals surface area contributed by atoms with Crippen molar-refractivity contribution in [1.29, 1.82) is 5.26 Å². The summed E-state index contributed by atoms with van der Waals surface area (Å²) >= 11 is 0.630. The van der Waals surface area contributed by atoms with Crippen molar-refractivity contribution in [2.75, 3.05) is 13.1 Å². The van der Waals surface area contributed by atoms with Crippen LogP contribution in [-0.4, -0.2) is 35.8 Å². The number of hydrogen-bond acceptors (Lipinski definition) is 5. The molecule has 5 nitrogen and oxygen atoms in total. The molecule has 1 aliphatic heterocycles. The molecular weight excluding hydrogens is 369 g/mol. The number of ether oxygens (including phenoxy) is 2. The van der Waals surface area contributed by atoms with Crippen LogP contribution in [0, 0.1) is 10.7 Å². The molecule has 1 aromatic carbocycles. The molecule has 0 radical (unpaired) electrons. The Morgan fingerprint density at radius 1 is 1.31 bits per heavy atom. The van der Waals surface area contributed by atoms with Crippen molar-refractivity contribution in [2.24, 2.45) is 0 Å². The van der Waals surface area contributed by atoms with Crippen molar-refractivity contribution in [3.05, 3.63) is 23.8 Å². The average Bonchev–Trinajstić information content (AvgIpc) is 2.93. The maximum atomic E-state index is 13.0. The van der Waals surface area contributed by atoms with E-state index >= 15 is 0 Å². The molecule has 1 saturated heterocycles. The second-order valence-electron chi connectivity index (χ2n) is 6.84.